The van der Waals surface area contributed by atoms with Gasteiger partial charge in [0, 0.05) is 18.1 Å². The van der Waals surface area contributed by atoms with Crippen molar-refractivity contribution in [3.8, 4) is 0 Å². The summed E-state index contributed by atoms with van der Waals surface area (Å²) in [5.41, 5.74) is 0.760. The van der Waals surface area contributed by atoms with E-state index in [1.54, 1.807) is 13.2 Å². The zero-order valence-electron chi connectivity index (χ0n) is 8.93. The van der Waals surface area contributed by atoms with Crippen LogP contribution in [-0.4, -0.2) is 26.2 Å². The third-order valence-electron chi connectivity index (χ3n) is 1.99. The van der Waals surface area contributed by atoms with Gasteiger partial charge in [0.1, 0.15) is 5.82 Å². The predicted octanol–water partition coefficient (Wildman–Crippen LogP) is 1.89. The van der Waals surface area contributed by atoms with E-state index in [9.17, 15) is 9.18 Å². The third-order valence-corrected chi connectivity index (χ3v) is 2.73. The highest BCUT2D eigenvalue weighted by Gasteiger charge is 2.06. The highest BCUT2D eigenvalue weighted by molar-refractivity contribution is 9.10. The van der Waals surface area contributed by atoms with Crippen molar-refractivity contribution in [3.05, 3.63) is 34.1 Å². The van der Waals surface area contributed by atoms with Crippen molar-refractivity contribution in [2.45, 2.75) is 6.42 Å². The first-order valence-corrected chi connectivity index (χ1v) is 5.62. The van der Waals surface area contributed by atoms with Crippen LogP contribution in [0.4, 0.5) is 4.39 Å². The average molecular weight is 290 g/mol. The molecule has 0 aliphatic carbocycles. The number of ether oxygens (including phenoxy) is 1. The predicted molar refractivity (Wildman–Crippen MR) is 62.7 cm³/mol. The second-order valence-corrected chi connectivity index (χ2v) is 4.11. The third kappa shape index (κ3) is 4.28. The molecule has 0 saturated heterocycles. The van der Waals surface area contributed by atoms with Crippen molar-refractivity contribution < 1.29 is 13.9 Å². The molecule has 1 aromatic rings. The van der Waals surface area contributed by atoms with Crippen LogP contribution < -0.4 is 5.32 Å². The molecule has 5 heteroatoms. The quantitative estimate of drug-likeness (QED) is 0.841. The van der Waals surface area contributed by atoms with E-state index in [1.165, 1.54) is 12.1 Å². The van der Waals surface area contributed by atoms with E-state index < -0.39 is 0 Å². The Morgan fingerprint density at radius 1 is 1.56 bits per heavy atom. The lowest BCUT2D eigenvalue weighted by molar-refractivity contribution is -0.120. The van der Waals surface area contributed by atoms with Gasteiger partial charge in [-0.25, -0.2) is 4.39 Å². The minimum absolute atomic E-state index is 0.107. The molecule has 0 spiro atoms. The second kappa shape index (κ2) is 6.60. The van der Waals surface area contributed by atoms with Crippen LogP contribution in [0.1, 0.15) is 5.56 Å². The fraction of sp³-hybridized carbons (Fsp3) is 0.364. The molecule has 16 heavy (non-hydrogen) atoms. The van der Waals surface area contributed by atoms with Gasteiger partial charge in [-0.15, -0.1) is 0 Å². The van der Waals surface area contributed by atoms with Gasteiger partial charge in [0.15, 0.2) is 0 Å². The Labute approximate surface area is 102 Å². The van der Waals surface area contributed by atoms with Crippen molar-refractivity contribution in [2.75, 3.05) is 20.3 Å². The van der Waals surface area contributed by atoms with E-state index in [-0.39, 0.29) is 18.1 Å². The van der Waals surface area contributed by atoms with Crippen LogP contribution in [0.3, 0.4) is 0 Å². The maximum Gasteiger partial charge on any atom is 0.224 e. The van der Waals surface area contributed by atoms with E-state index in [0.29, 0.717) is 17.6 Å². The largest absolute Gasteiger partial charge is 0.383 e. The van der Waals surface area contributed by atoms with Crippen LogP contribution >= 0.6 is 15.9 Å². The van der Waals surface area contributed by atoms with Gasteiger partial charge < -0.3 is 10.1 Å². The normalized spacial score (nSPS) is 10.2. The summed E-state index contributed by atoms with van der Waals surface area (Å²) in [5, 5.41) is 2.70. The lowest BCUT2D eigenvalue weighted by Gasteiger charge is -2.06. The highest BCUT2D eigenvalue weighted by atomic mass is 79.9. The molecule has 1 N–H and O–H groups in total. The smallest absolute Gasteiger partial charge is 0.224 e. The highest BCUT2D eigenvalue weighted by Crippen LogP contribution is 2.18. The molecule has 0 fully saturated rings. The Hall–Kier alpha value is -0.940. The van der Waals surface area contributed by atoms with Crippen LogP contribution in [0, 0.1) is 5.82 Å². The summed E-state index contributed by atoms with van der Waals surface area (Å²) in [6.45, 7) is 0.963. The van der Waals surface area contributed by atoms with Gasteiger partial charge in [-0.3, -0.25) is 4.79 Å². The molecular formula is C11H13BrFNO2. The summed E-state index contributed by atoms with van der Waals surface area (Å²) < 4.78 is 18.2. The zero-order chi connectivity index (χ0) is 12.0. The lowest BCUT2D eigenvalue weighted by Crippen LogP contribution is -2.28. The minimum Gasteiger partial charge on any atom is -0.383 e. The lowest BCUT2D eigenvalue weighted by atomic mass is 10.1. The van der Waals surface area contributed by atoms with E-state index >= 15 is 0 Å². The molecule has 3 nitrogen and oxygen atoms in total. The zero-order valence-corrected chi connectivity index (χ0v) is 10.5. The second-order valence-electron chi connectivity index (χ2n) is 3.26. The molecule has 0 aliphatic rings. The summed E-state index contributed by atoms with van der Waals surface area (Å²) in [5.74, 6) is -0.431. The molecule has 1 aromatic carbocycles. The fourth-order valence-electron chi connectivity index (χ4n) is 1.19. The molecule has 0 bridgehead atoms. The summed E-state index contributed by atoms with van der Waals surface area (Å²) in [4.78, 5) is 11.4. The van der Waals surface area contributed by atoms with Gasteiger partial charge in [-0.2, -0.15) is 0 Å². The van der Waals surface area contributed by atoms with E-state index in [1.807, 2.05) is 0 Å². The molecular weight excluding hydrogens is 277 g/mol. The molecule has 0 heterocycles. The summed E-state index contributed by atoms with van der Waals surface area (Å²) in [7, 11) is 1.57. The van der Waals surface area contributed by atoms with Gasteiger partial charge in [0.05, 0.1) is 13.0 Å². The van der Waals surface area contributed by atoms with Crippen LogP contribution in [0.25, 0.3) is 0 Å². The Balaban J connectivity index is 2.49. The molecule has 1 rings (SSSR count). The van der Waals surface area contributed by atoms with Crippen LogP contribution in [0.5, 0.6) is 0 Å². The summed E-state index contributed by atoms with van der Waals surface area (Å²) in [6, 6.07) is 4.27. The van der Waals surface area contributed by atoms with Crippen LogP contribution in [0.2, 0.25) is 0 Å². The molecule has 0 atom stereocenters. The van der Waals surface area contributed by atoms with Gasteiger partial charge in [-0.1, -0.05) is 22.0 Å². The Kier molecular flexibility index (Phi) is 5.42. The number of rotatable bonds is 5. The van der Waals surface area contributed by atoms with Crippen molar-refractivity contribution in [1.82, 2.24) is 5.32 Å². The minimum atomic E-state index is -0.324. The molecule has 1 amide bonds. The van der Waals surface area contributed by atoms with Gasteiger partial charge in [0.2, 0.25) is 5.91 Å². The molecule has 0 radical (unpaired) electrons. The molecule has 0 aliphatic heterocycles. The van der Waals surface area contributed by atoms with Crippen molar-refractivity contribution in [3.63, 3.8) is 0 Å². The van der Waals surface area contributed by atoms with Crippen molar-refractivity contribution >= 4 is 21.8 Å². The standard InChI is InChI=1S/C11H13BrFNO2/c1-16-5-4-14-11(15)6-8-2-3-9(13)7-10(8)12/h2-3,7H,4-6H2,1H3,(H,14,15). The number of halogens is 2. The maximum atomic E-state index is 12.8. The molecule has 0 saturated carbocycles. The van der Waals surface area contributed by atoms with Crippen molar-refractivity contribution in [2.24, 2.45) is 0 Å². The van der Waals surface area contributed by atoms with Crippen LogP contribution in [-0.2, 0) is 16.0 Å². The first kappa shape index (κ1) is 13.1. The van der Waals surface area contributed by atoms with E-state index in [4.69, 9.17) is 4.74 Å². The van der Waals surface area contributed by atoms with E-state index in [2.05, 4.69) is 21.2 Å². The fourth-order valence-corrected chi connectivity index (χ4v) is 1.68. The number of benzene rings is 1. The number of carbonyl (C=O) groups excluding carboxylic acids is 1. The number of methoxy groups -OCH3 is 1. The van der Waals surface area contributed by atoms with Crippen LogP contribution in [0.15, 0.2) is 22.7 Å². The number of carbonyl (C=O) groups is 1. The number of hydrogen-bond donors (Lipinski definition) is 1. The van der Waals surface area contributed by atoms with Gasteiger partial charge in [-0.05, 0) is 17.7 Å². The first-order chi connectivity index (χ1) is 7.63. The number of hydrogen-bond acceptors (Lipinski definition) is 2. The van der Waals surface area contributed by atoms with Gasteiger partial charge >= 0.3 is 0 Å². The summed E-state index contributed by atoms with van der Waals surface area (Å²) in [6.07, 6.45) is 0.227. The number of amides is 1. The summed E-state index contributed by atoms with van der Waals surface area (Å²) >= 11 is 3.21. The molecule has 0 unspecified atom stereocenters. The maximum absolute atomic E-state index is 12.8. The Bertz CT molecular complexity index is 371. The number of nitrogens with one attached hydrogen (secondary N) is 1. The average Bonchev–Trinajstić information content (AvgIpc) is 2.23. The van der Waals surface area contributed by atoms with E-state index in [0.717, 1.165) is 5.56 Å². The van der Waals surface area contributed by atoms with Crippen molar-refractivity contribution in [1.29, 1.82) is 0 Å². The van der Waals surface area contributed by atoms with Gasteiger partial charge in [0.25, 0.3) is 0 Å². The Morgan fingerprint density at radius 3 is 2.94 bits per heavy atom. The topological polar surface area (TPSA) is 38.3 Å². The monoisotopic (exact) mass is 289 g/mol. The Morgan fingerprint density at radius 2 is 2.31 bits per heavy atom. The molecule has 88 valence electrons. The SMILES string of the molecule is COCCNC(=O)Cc1ccc(F)cc1Br. The first-order valence-electron chi connectivity index (χ1n) is 4.83. The molecule has 0 aromatic heterocycles.